The molecule has 1 amide bonds. The van der Waals surface area contributed by atoms with Gasteiger partial charge in [-0.3, -0.25) is 4.79 Å². The zero-order valence-corrected chi connectivity index (χ0v) is 14.3. The number of hydrogen-bond acceptors (Lipinski definition) is 4. The van der Waals surface area contributed by atoms with Gasteiger partial charge in [-0.1, -0.05) is 12.1 Å². The normalized spacial score (nSPS) is 16.6. The lowest BCUT2D eigenvalue weighted by Gasteiger charge is -2.22. The highest BCUT2D eigenvalue weighted by Crippen LogP contribution is 2.38. The van der Waals surface area contributed by atoms with Crippen molar-refractivity contribution >= 4 is 11.6 Å². The second kappa shape index (κ2) is 6.93. The maximum Gasteiger partial charge on any atom is 0.240 e. The second-order valence-electron chi connectivity index (χ2n) is 5.74. The van der Waals surface area contributed by atoms with E-state index in [0.29, 0.717) is 17.9 Å². The highest BCUT2D eigenvalue weighted by molar-refractivity contribution is 6.03. The van der Waals surface area contributed by atoms with Crippen molar-refractivity contribution in [2.24, 2.45) is 5.10 Å². The van der Waals surface area contributed by atoms with Crippen LogP contribution in [0.4, 0.5) is 4.39 Å². The Morgan fingerprint density at radius 3 is 2.48 bits per heavy atom. The Bertz CT molecular complexity index is 818. The van der Waals surface area contributed by atoms with Gasteiger partial charge in [0.1, 0.15) is 17.3 Å². The van der Waals surface area contributed by atoms with Crippen molar-refractivity contribution in [1.82, 2.24) is 5.01 Å². The number of hydrogen-bond donors (Lipinski definition) is 0. The summed E-state index contributed by atoms with van der Waals surface area (Å²) in [6.45, 7) is 1.47. The largest absolute Gasteiger partial charge is 0.497 e. The molecule has 0 saturated heterocycles. The van der Waals surface area contributed by atoms with Crippen molar-refractivity contribution in [1.29, 1.82) is 0 Å². The summed E-state index contributed by atoms with van der Waals surface area (Å²) in [6.07, 6.45) is 0.522. The minimum atomic E-state index is -0.306. The lowest BCUT2D eigenvalue weighted by atomic mass is 9.97. The molecule has 2 aromatic rings. The lowest BCUT2D eigenvalue weighted by molar-refractivity contribution is -0.130. The fraction of sp³-hybridized carbons (Fsp3) is 0.263. The van der Waals surface area contributed by atoms with Crippen molar-refractivity contribution in [3.8, 4) is 11.5 Å². The molecule has 130 valence electrons. The summed E-state index contributed by atoms with van der Waals surface area (Å²) < 4.78 is 23.8. The van der Waals surface area contributed by atoms with Gasteiger partial charge in [0, 0.05) is 25.0 Å². The molecule has 0 fully saturated rings. The minimum Gasteiger partial charge on any atom is -0.497 e. The SMILES string of the molecule is COc1ccc([C@@H]2CC(c3ccc(F)cc3)=NN2C(C)=O)c(OC)c1. The van der Waals surface area contributed by atoms with E-state index < -0.39 is 0 Å². The zero-order valence-electron chi connectivity index (χ0n) is 14.3. The number of ether oxygens (including phenoxy) is 2. The van der Waals surface area contributed by atoms with Gasteiger partial charge in [-0.15, -0.1) is 0 Å². The third kappa shape index (κ3) is 3.33. The monoisotopic (exact) mass is 342 g/mol. The molecule has 2 aromatic carbocycles. The Labute approximate surface area is 145 Å². The first-order chi connectivity index (χ1) is 12.0. The molecular formula is C19H19FN2O3. The Morgan fingerprint density at radius 1 is 1.16 bits per heavy atom. The zero-order chi connectivity index (χ0) is 18.0. The average Bonchev–Trinajstić information content (AvgIpc) is 3.07. The van der Waals surface area contributed by atoms with E-state index in [-0.39, 0.29) is 17.8 Å². The number of nitrogens with zero attached hydrogens (tertiary/aromatic N) is 2. The molecule has 6 heteroatoms. The van der Waals surface area contributed by atoms with Crippen LogP contribution in [0.15, 0.2) is 47.6 Å². The van der Waals surface area contributed by atoms with Crippen LogP contribution in [0.2, 0.25) is 0 Å². The molecule has 3 rings (SSSR count). The predicted octanol–water partition coefficient (Wildman–Crippen LogP) is 3.54. The predicted molar refractivity (Wildman–Crippen MR) is 92.4 cm³/mol. The molecule has 1 heterocycles. The lowest BCUT2D eigenvalue weighted by Crippen LogP contribution is -2.24. The third-order valence-corrected chi connectivity index (χ3v) is 4.21. The van der Waals surface area contributed by atoms with E-state index in [0.717, 1.165) is 16.8 Å². The quantitative estimate of drug-likeness (QED) is 0.854. The van der Waals surface area contributed by atoms with Crippen molar-refractivity contribution in [2.45, 2.75) is 19.4 Å². The number of halogens is 1. The molecule has 0 radical (unpaired) electrons. The van der Waals surface area contributed by atoms with Crippen LogP contribution in [0, 0.1) is 5.82 Å². The van der Waals surface area contributed by atoms with Gasteiger partial charge >= 0.3 is 0 Å². The summed E-state index contributed by atoms with van der Waals surface area (Å²) in [5.74, 6) is 0.831. The van der Waals surface area contributed by atoms with E-state index >= 15 is 0 Å². The first-order valence-electron chi connectivity index (χ1n) is 7.88. The van der Waals surface area contributed by atoms with E-state index in [1.165, 1.54) is 24.1 Å². The van der Waals surface area contributed by atoms with Crippen molar-refractivity contribution < 1.29 is 18.7 Å². The van der Waals surface area contributed by atoms with Crippen LogP contribution in [0.3, 0.4) is 0 Å². The Hall–Kier alpha value is -2.89. The number of hydrazone groups is 1. The maximum atomic E-state index is 13.2. The fourth-order valence-corrected chi connectivity index (χ4v) is 2.95. The van der Waals surface area contributed by atoms with Gasteiger partial charge in [0.25, 0.3) is 0 Å². The topological polar surface area (TPSA) is 51.1 Å². The summed E-state index contributed by atoms with van der Waals surface area (Å²) in [4.78, 5) is 12.1. The summed E-state index contributed by atoms with van der Waals surface area (Å²) in [6, 6.07) is 11.3. The van der Waals surface area contributed by atoms with Gasteiger partial charge < -0.3 is 9.47 Å². The fourth-order valence-electron chi connectivity index (χ4n) is 2.95. The van der Waals surface area contributed by atoms with Crippen LogP contribution in [-0.2, 0) is 4.79 Å². The van der Waals surface area contributed by atoms with Crippen LogP contribution in [0.1, 0.15) is 30.5 Å². The summed E-state index contributed by atoms with van der Waals surface area (Å²) in [5, 5.41) is 5.90. The molecular weight excluding hydrogens is 323 g/mol. The maximum absolute atomic E-state index is 13.2. The van der Waals surface area contributed by atoms with E-state index in [2.05, 4.69) is 5.10 Å². The molecule has 0 unspecified atom stereocenters. The molecule has 0 bridgehead atoms. The number of methoxy groups -OCH3 is 2. The first-order valence-corrected chi connectivity index (χ1v) is 7.88. The van der Waals surface area contributed by atoms with Crippen molar-refractivity contribution in [3.63, 3.8) is 0 Å². The van der Waals surface area contributed by atoms with Gasteiger partial charge in [-0.25, -0.2) is 9.40 Å². The van der Waals surface area contributed by atoms with Crippen LogP contribution in [0.5, 0.6) is 11.5 Å². The number of rotatable bonds is 4. The number of benzene rings is 2. The van der Waals surface area contributed by atoms with E-state index in [4.69, 9.17) is 9.47 Å². The van der Waals surface area contributed by atoms with E-state index in [9.17, 15) is 9.18 Å². The molecule has 0 N–H and O–H groups in total. The van der Waals surface area contributed by atoms with Gasteiger partial charge in [0.15, 0.2) is 0 Å². The third-order valence-electron chi connectivity index (χ3n) is 4.21. The summed E-state index contributed by atoms with van der Waals surface area (Å²) in [7, 11) is 3.16. The molecule has 1 aliphatic heterocycles. The Kier molecular flexibility index (Phi) is 4.70. The minimum absolute atomic E-state index is 0.167. The van der Waals surface area contributed by atoms with Crippen LogP contribution in [0.25, 0.3) is 0 Å². The highest BCUT2D eigenvalue weighted by Gasteiger charge is 2.33. The molecule has 5 nitrogen and oxygen atoms in total. The Morgan fingerprint density at radius 2 is 1.88 bits per heavy atom. The smallest absolute Gasteiger partial charge is 0.240 e. The van der Waals surface area contributed by atoms with Gasteiger partial charge in [0.05, 0.1) is 26.0 Å². The number of carbonyl (C=O) groups is 1. The second-order valence-corrected chi connectivity index (χ2v) is 5.74. The van der Waals surface area contributed by atoms with Gasteiger partial charge in [0.2, 0.25) is 5.91 Å². The first kappa shape index (κ1) is 17.0. The molecule has 25 heavy (non-hydrogen) atoms. The van der Waals surface area contributed by atoms with E-state index in [1.54, 1.807) is 32.4 Å². The Balaban J connectivity index is 1.97. The van der Waals surface area contributed by atoms with Gasteiger partial charge in [-0.2, -0.15) is 5.10 Å². The average molecular weight is 342 g/mol. The standard InChI is InChI=1S/C19H19FN2O3/c1-12(23)22-18(16-9-8-15(24-2)10-19(16)25-3)11-17(21-22)13-4-6-14(20)7-5-13/h4-10,18H,11H2,1-3H3/t18-/m0/s1. The summed E-state index contributed by atoms with van der Waals surface area (Å²) >= 11 is 0. The molecule has 0 aromatic heterocycles. The van der Waals surface area contributed by atoms with E-state index in [1.807, 2.05) is 12.1 Å². The molecule has 1 atom stereocenters. The molecule has 0 saturated carbocycles. The summed E-state index contributed by atoms with van der Waals surface area (Å²) in [5.41, 5.74) is 2.38. The molecule has 0 spiro atoms. The van der Waals surface area contributed by atoms with Crippen LogP contribution >= 0.6 is 0 Å². The van der Waals surface area contributed by atoms with Gasteiger partial charge in [-0.05, 0) is 29.8 Å². The number of carbonyl (C=O) groups excluding carboxylic acids is 1. The highest BCUT2D eigenvalue weighted by atomic mass is 19.1. The van der Waals surface area contributed by atoms with Crippen molar-refractivity contribution in [2.75, 3.05) is 14.2 Å². The molecule has 0 aliphatic carbocycles. The van der Waals surface area contributed by atoms with Crippen molar-refractivity contribution in [3.05, 3.63) is 59.4 Å². The molecule has 1 aliphatic rings. The van der Waals surface area contributed by atoms with Crippen LogP contribution in [-0.4, -0.2) is 30.8 Å². The van der Waals surface area contributed by atoms with Crippen LogP contribution < -0.4 is 9.47 Å². The number of amides is 1.